The van der Waals surface area contributed by atoms with Crippen LogP contribution in [0.1, 0.15) is 5.82 Å². The first kappa shape index (κ1) is 9.25. The molecule has 1 aromatic heterocycles. The molecule has 0 N–H and O–H groups in total. The van der Waals surface area contributed by atoms with Crippen molar-refractivity contribution in [2.75, 3.05) is 0 Å². The molecule has 15 heavy (non-hydrogen) atoms. The summed E-state index contributed by atoms with van der Waals surface area (Å²) >= 11 is 0. The Morgan fingerprint density at radius 2 is 2.27 bits per heavy atom. The van der Waals surface area contributed by atoms with Gasteiger partial charge >= 0.3 is 0 Å². The molecule has 0 radical (unpaired) electrons. The van der Waals surface area contributed by atoms with E-state index in [1.165, 1.54) is 16.8 Å². The molecule has 0 aliphatic carbocycles. The number of hydrogen-bond acceptors (Lipinski definition) is 5. The lowest BCUT2D eigenvalue weighted by atomic mass is 10.3. The van der Waals surface area contributed by atoms with Gasteiger partial charge in [-0.2, -0.15) is 4.68 Å². The second-order valence-electron chi connectivity index (χ2n) is 2.91. The first-order valence-electron chi connectivity index (χ1n) is 4.18. The topological polar surface area (TPSA) is 86.7 Å². The molecule has 0 unspecified atom stereocenters. The van der Waals surface area contributed by atoms with Crippen molar-refractivity contribution in [3.63, 3.8) is 0 Å². The van der Waals surface area contributed by atoms with Gasteiger partial charge in [-0.25, -0.2) is 0 Å². The fourth-order valence-electron chi connectivity index (χ4n) is 1.21. The van der Waals surface area contributed by atoms with E-state index in [-0.39, 0.29) is 5.69 Å². The molecule has 1 heterocycles. The molecule has 0 atom stereocenters. The summed E-state index contributed by atoms with van der Waals surface area (Å²) in [7, 11) is 0. The van der Waals surface area contributed by atoms with Gasteiger partial charge in [-0.1, -0.05) is 6.07 Å². The average molecular weight is 205 g/mol. The Kier molecular flexibility index (Phi) is 2.13. The van der Waals surface area contributed by atoms with Gasteiger partial charge in [0.05, 0.1) is 10.6 Å². The lowest BCUT2D eigenvalue weighted by Gasteiger charge is -2.00. The lowest BCUT2D eigenvalue weighted by Crippen LogP contribution is -2.00. The van der Waals surface area contributed by atoms with Crippen molar-refractivity contribution in [3.8, 4) is 5.69 Å². The van der Waals surface area contributed by atoms with Gasteiger partial charge in [0.15, 0.2) is 5.82 Å². The molecule has 7 nitrogen and oxygen atoms in total. The number of hydrogen-bond donors (Lipinski definition) is 0. The van der Waals surface area contributed by atoms with Crippen LogP contribution < -0.4 is 0 Å². The largest absolute Gasteiger partial charge is 0.271 e. The highest BCUT2D eigenvalue weighted by atomic mass is 16.6. The molecular weight excluding hydrogens is 198 g/mol. The molecule has 0 aliphatic heterocycles. The lowest BCUT2D eigenvalue weighted by molar-refractivity contribution is -0.384. The molecule has 2 aromatic rings. The minimum absolute atomic E-state index is 0.0161. The van der Waals surface area contributed by atoms with Crippen molar-refractivity contribution in [2.24, 2.45) is 0 Å². The zero-order valence-electron chi connectivity index (χ0n) is 7.86. The van der Waals surface area contributed by atoms with Crippen molar-refractivity contribution in [2.45, 2.75) is 6.92 Å². The zero-order valence-corrected chi connectivity index (χ0v) is 7.86. The summed E-state index contributed by atoms with van der Waals surface area (Å²) in [5, 5.41) is 21.4. The molecule has 0 bridgehead atoms. The van der Waals surface area contributed by atoms with Crippen molar-refractivity contribution in [1.29, 1.82) is 0 Å². The monoisotopic (exact) mass is 205 g/mol. The highest BCUT2D eigenvalue weighted by Gasteiger charge is 2.09. The van der Waals surface area contributed by atoms with Crippen LogP contribution in [0.5, 0.6) is 0 Å². The van der Waals surface area contributed by atoms with Gasteiger partial charge in [0.1, 0.15) is 0 Å². The van der Waals surface area contributed by atoms with Gasteiger partial charge in [0, 0.05) is 12.1 Å². The van der Waals surface area contributed by atoms with E-state index in [9.17, 15) is 10.1 Å². The van der Waals surface area contributed by atoms with E-state index in [2.05, 4.69) is 15.5 Å². The predicted molar refractivity (Wildman–Crippen MR) is 50.5 cm³/mol. The van der Waals surface area contributed by atoms with E-state index < -0.39 is 4.92 Å². The van der Waals surface area contributed by atoms with Crippen LogP contribution in [0.2, 0.25) is 0 Å². The van der Waals surface area contributed by atoms with E-state index in [4.69, 9.17) is 0 Å². The Bertz CT molecular complexity index is 507. The molecule has 7 heteroatoms. The Balaban J connectivity index is 2.50. The van der Waals surface area contributed by atoms with E-state index in [1.807, 2.05) is 0 Å². The van der Waals surface area contributed by atoms with Crippen LogP contribution in [0.4, 0.5) is 5.69 Å². The van der Waals surface area contributed by atoms with Crippen molar-refractivity contribution in [3.05, 3.63) is 40.2 Å². The number of aryl methyl sites for hydroxylation is 1. The third-order valence-corrected chi connectivity index (χ3v) is 1.91. The second-order valence-corrected chi connectivity index (χ2v) is 2.91. The van der Waals surface area contributed by atoms with Crippen molar-refractivity contribution >= 4 is 5.69 Å². The van der Waals surface area contributed by atoms with Gasteiger partial charge < -0.3 is 0 Å². The number of non-ortho nitro benzene ring substituents is 1. The van der Waals surface area contributed by atoms with Crippen LogP contribution in [-0.2, 0) is 0 Å². The fourth-order valence-corrected chi connectivity index (χ4v) is 1.21. The quantitative estimate of drug-likeness (QED) is 0.536. The van der Waals surface area contributed by atoms with Crippen LogP contribution >= 0.6 is 0 Å². The number of rotatable bonds is 2. The number of nitro benzene ring substituents is 1. The van der Waals surface area contributed by atoms with Gasteiger partial charge in [-0.05, 0) is 23.4 Å². The molecule has 76 valence electrons. The van der Waals surface area contributed by atoms with E-state index in [0.29, 0.717) is 11.5 Å². The molecule has 0 amide bonds. The van der Waals surface area contributed by atoms with Crippen LogP contribution in [-0.4, -0.2) is 25.1 Å². The maximum atomic E-state index is 10.6. The molecule has 2 rings (SSSR count). The number of nitrogens with zero attached hydrogens (tertiary/aromatic N) is 5. The zero-order chi connectivity index (χ0) is 10.8. The van der Waals surface area contributed by atoms with E-state index in [0.717, 1.165) is 0 Å². The predicted octanol–water partition coefficient (Wildman–Crippen LogP) is 0.879. The Morgan fingerprint density at radius 3 is 2.87 bits per heavy atom. The third kappa shape index (κ3) is 1.66. The van der Waals surface area contributed by atoms with Crippen LogP contribution in [0.3, 0.4) is 0 Å². The normalized spacial score (nSPS) is 10.2. The summed E-state index contributed by atoms with van der Waals surface area (Å²) in [5.41, 5.74) is 0.592. The minimum Gasteiger partial charge on any atom is -0.258 e. The Morgan fingerprint density at radius 1 is 1.47 bits per heavy atom. The van der Waals surface area contributed by atoms with Gasteiger partial charge in [0.25, 0.3) is 5.69 Å². The smallest absolute Gasteiger partial charge is 0.258 e. The summed E-state index contributed by atoms with van der Waals surface area (Å²) < 4.78 is 1.44. The summed E-state index contributed by atoms with van der Waals surface area (Å²) in [6.45, 7) is 1.72. The standard InChI is InChI=1S/C8H7N5O2/c1-6-9-10-11-12(6)7-3-2-4-8(5-7)13(14)15/h2-5H,1H3. The fraction of sp³-hybridized carbons (Fsp3) is 0.125. The van der Waals surface area contributed by atoms with Gasteiger partial charge in [-0.15, -0.1) is 5.10 Å². The molecule has 0 fully saturated rings. The first-order chi connectivity index (χ1) is 7.18. The summed E-state index contributed by atoms with van der Waals surface area (Å²) in [6.07, 6.45) is 0. The summed E-state index contributed by atoms with van der Waals surface area (Å²) in [4.78, 5) is 10.1. The molecule has 1 aromatic carbocycles. The SMILES string of the molecule is Cc1nnnn1-c1cccc([N+](=O)[O-])c1. The van der Waals surface area contributed by atoms with E-state index >= 15 is 0 Å². The highest BCUT2D eigenvalue weighted by molar-refractivity contribution is 5.42. The maximum Gasteiger partial charge on any atom is 0.271 e. The number of tetrazole rings is 1. The number of benzene rings is 1. The minimum atomic E-state index is -0.455. The average Bonchev–Trinajstić information content (AvgIpc) is 2.64. The number of nitro groups is 1. The molecule has 0 saturated heterocycles. The second kappa shape index (κ2) is 3.45. The van der Waals surface area contributed by atoms with Crippen LogP contribution in [0.15, 0.2) is 24.3 Å². The third-order valence-electron chi connectivity index (χ3n) is 1.91. The van der Waals surface area contributed by atoms with Gasteiger partial charge in [0.2, 0.25) is 0 Å². The highest BCUT2D eigenvalue weighted by Crippen LogP contribution is 2.16. The van der Waals surface area contributed by atoms with Crippen molar-refractivity contribution in [1.82, 2.24) is 20.2 Å². The molecule has 0 saturated carbocycles. The van der Waals surface area contributed by atoms with Crippen LogP contribution in [0.25, 0.3) is 5.69 Å². The Hall–Kier alpha value is -2.31. The summed E-state index contributed by atoms with van der Waals surface area (Å²) in [6, 6.07) is 6.14. The first-order valence-corrected chi connectivity index (χ1v) is 4.18. The number of aromatic nitrogens is 4. The molecular formula is C8H7N5O2. The van der Waals surface area contributed by atoms with Gasteiger partial charge in [-0.3, -0.25) is 10.1 Å². The Labute approximate surface area is 84.5 Å². The molecule has 0 spiro atoms. The maximum absolute atomic E-state index is 10.6. The summed E-state index contributed by atoms with van der Waals surface area (Å²) in [5.74, 6) is 0.579. The molecule has 0 aliphatic rings. The van der Waals surface area contributed by atoms with E-state index in [1.54, 1.807) is 19.1 Å². The van der Waals surface area contributed by atoms with Crippen LogP contribution in [0, 0.1) is 17.0 Å². The van der Waals surface area contributed by atoms with Crippen molar-refractivity contribution < 1.29 is 4.92 Å².